The quantitative estimate of drug-likeness (QED) is 0.385. The van der Waals surface area contributed by atoms with Crippen LogP contribution >= 0.6 is 0 Å². The Bertz CT molecular complexity index is 1450. The van der Waals surface area contributed by atoms with E-state index < -0.39 is 17.5 Å². The highest BCUT2D eigenvalue weighted by Crippen LogP contribution is 2.33. The molecule has 0 unspecified atom stereocenters. The summed E-state index contributed by atoms with van der Waals surface area (Å²) >= 11 is 0. The van der Waals surface area contributed by atoms with Crippen LogP contribution in [0.5, 0.6) is 5.75 Å². The zero-order valence-corrected chi connectivity index (χ0v) is 20.9. The standard InChI is InChI=1S/C28H27N5O4/c1-4-5-12-37-23-11-8-20-15-32(25(34)24(20)13-23)17-28(26(35)30-27(36)31-28)22-9-6-19(7-10-22)21-14-29-33(16-21)18(2)3/h6-11,13-14,16,18H,12,15,17H2,1-3H3,(H2,30,31,35,36)/t28-/m0/s1. The fourth-order valence-electron chi connectivity index (χ4n) is 4.65. The van der Waals surface area contributed by atoms with Gasteiger partial charge in [0.2, 0.25) is 0 Å². The second-order valence-electron chi connectivity index (χ2n) is 9.39. The van der Waals surface area contributed by atoms with Crippen LogP contribution in [0.25, 0.3) is 11.1 Å². The maximum atomic E-state index is 13.3. The molecule has 0 saturated carbocycles. The number of hydrogen-bond donors (Lipinski definition) is 2. The van der Waals surface area contributed by atoms with Gasteiger partial charge in [0.1, 0.15) is 12.4 Å². The molecule has 188 valence electrons. The average Bonchev–Trinajstić information content (AvgIpc) is 3.57. The number of carbonyl (C=O) groups is 3. The van der Waals surface area contributed by atoms with E-state index in [9.17, 15) is 14.4 Å². The lowest BCUT2D eigenvalue weighted by Crippen LogP contribution is -2.52. The summed E-state index contributed by atoms with van der Waals surface area (Å²) in [7, 11) is 0. The molecule has 2 aromatic carbocycles. The molecule has 4 amide bonds. The number of ether oxygens (including phenoxy) is 1. The van der Waals surface area contributed by atoms with E-state index in [0.717, 1.165) is 16.7 Å². The first-order chi connectivity index (χ1) is 17.8. The van der Waals surface area contributed by atoms with Crippen LogP contribution in [0, 0.1) is 11.8 Å². The number of imide groups is 1. The number of nitrogens with one attached hydrogen (secondary N) is 2. The van der Waals surface area contributed by atoms with Crippen molar-refractivity contribution < 1.29 is 19.1 Å². The fourth-order valence-corrected chi connectivity index (χ4v) is 4.65. The predicted octanol–water partition coefficient (Wildman–Crippen LogP) is 3.22. The lowest BCUT2D eigenvalue weighted by atomic mass is 9.88. The highest BCUT2D eigenvalue weighted by molar-refractivity contribution is 6.08. The van der Waals surface area contributed by atoms with E-state index in [4.69, 9.17) is 4.74 Å². The van der Waals surface area contributed by atoms with E-state index in [1.54, 1.807) is 30.2 Å². The van der Waals surface area contributed by atoms with Crippen molar-refractivity contribution >= 4 is 17.8 Å². The third-order valence-electron chi connectivity index (χ3n) is 6.66. The van der Waals surface area contributed by atoms with E-state index in [1.807, 2.05) is 41.2 Å². The molecule has 1 saturated heterocycles. The Morgan fingerprint density at radius 2 is 1.89 bits per heavy atom. The summed E-state index contributed by atoms with van der Waals surface area (Å²) in [6.07, 6.45) is 3.76. The minimum absolute atomic E-state index is 0.0137. The molecule has 1 aromatic heterocycles. The second-order valence-corrected chi connectivity index (χ2v) is 9.39. The zero-order valence-electron chi connectivity index (χ0n) is 20.9. The molecule has 2 aliphatic rings. The van der Waals surface area contributed by atoms with Gasteiger partial charge >= 0.3 is 6.03 Å². The molecule has 0 bridgehead atoms. The van der Waals surface area contributed by atoms with Crippen molar-refractivity contribution in [2.24, 2.45) is 0 Å². The molecule has 9 nitrogen and oxygen atoms in total. The van der Waals surface area contributed by atoms with Gasteiger partial charge < -0.3 is 15.0 Å². The fraction of sp³-hybridized carbons (Fsp3) is 0.286. The van der Waals surface area contributed by atoms with E-state index in [2.05, 4.69) is 41.4 Å². The van der Waals surface area contributed by atoms with Gasteiger partial charge in [-0.2, -0.15) is 5.10 Å². The first-order valence-electron chi connectivity index (χ1n) is 12.0. The molecule has 3 aromatic rings. The summed E-state index contributed by atoms with van der Waals surface area (Å²) in [5.41, 5.74) is 2.39. The molecule has 1 atom stereocenters. The van der Waals surface area contributed by atoms with Crippen LogP contribution in [-0.2, 0) is 16.9 Å². The molecular weight excluding hydrogens is 470 g/mol. The van der Waals surface area contributed by atoms with Gasteiger partial charge in [0.15, 0.2) is 5.54 Å². The van der Waals surface area contributed by atoms with E-state index >= 15 is 0 Å². The molecule has 2 aliphatic heterocycles. The lowest BCUT2D eigenvalue weighted by molar-refractivity contribution is -0.124. The Morgan fingerprint density at radius 3 is 2.54 bits per heavy atom. The number of carbonyl (C=O) groups excluding carboxylic acids is 3. The molecular formula is C28H27N5O4. The van der Waals surface area contributed by atoms with Gasteiger partial charge in [-0.1, -0.05) is 36.3 Å². The first kappa shape index (κ1) is 24.1. The normalized spacial score (nSPS) is 18.4. The van der Waals surface area contributed by atoms with Gasteiger partial charge in [0.05, 0.1) is 12.7 Å². The topological polar surface area (TPSA) is 106 Å². The van der Waals surface area contributed by atoms with Crippen molar-refractivity contribution in [2.45, 2.75) is 38.9 Å². The monoisotopic (exact) mass is 497 g/mol. The third-order valence-corrected chi connectivity index (χ3v) is 6.66. The molecule has 37 heavy (non-hydrogen) atoms. The number of aromatic nitrogens is 2. The predicted molar refractivity (Wildman–Crippen MR) is 137 cm³/mol. The summed E-state index contributed by atoms with van der Waals surface area (Å²) in [4.78, 5) is 40.3. The van der Waals surface area contributed by atoms with Crippen molar-refractivity contribution in [1.29, 1.82) is 0 Å². The van der Waals surface area contributed by atoms with Gasteiger partial charge in [0, 0.05) is 29.9 Å². The number of nitrogens with zero attached hydrogens (tertiary/aromatic N) is 3. The van der Waals surface area contributed by atoms with Crippen molar-refractivity contribution in [1.82, 2.24) is 25.3 Å². The Hall–Kier alpha value is -4.58. The number of fused-ring (bicyclic) bond motifs is 1. The highest BCUT2D eigenvalue weighted by atomic mass is 16.5. The van der Waals surface area contributed by atoms with Gasteiger partial charge in [-0.3, -0.25) is 19.6 Å². The minimum Gasteiger partial charge on any atom is -0.481 e. The number of urea groups is 1. The molecule has 9 heteroatoms. The molecule has 0 radical (unpaired) electrons. The van der Waals surface area contributed by atoms with Gasteiger partial charge in [-0.15, -0.1) is 5.92 Å². The Labute approximate surface area is 214 Å². The van der Waals surface area contributed by atoms with Crippen molar-refractivity contribution in [2.75, 3.05) is 13.2 Å². The van der Waals surface area contributed by atoms with E-state index in [1.165, 1.54) is 0 Å². The summed E-state index contributed by atoms with van der Waals surface area (Å²) in [6.45, 7) is 6.38. The largest absolute Gasteiger partial charge is 0.481 e. The molecule has 2 N–H and O–H groups in total. The first-order valence-corrected chi connectivity index (χ1v) is 12.0. The third kappa shape index (κ3) is 4.42. The van der Waals surface area contributed by atoms with Gasteiger partial charge in [0.25, 0.3) is 11.8 Å². The summed E-state index contributed by atoms with van der Waals surface area (Å²) < 4.78 is 7.47. The van der Waals surface area contributed by atoms with E-state index in [0.29, 0.717) is 23.4 Å². The Morgan fingerprint density at radius 1 is 1.11 bits per heavy atom. The summed E-state index contributed by atoms with van der Waals surface area (Å²) in [6, 6.07) is 12.4. The molecule has 5 rings (SSSR count). The minimum atomic E-state index is -1.41. The SMILES string of the molecule is CC#CCOc1ccc2c(c1)C(=O)N(C[C@@]1(c3ccc(-c4cnn(C(C)C)c4)cc3)NC(=O)NC1=O)C2. The maximum absolute atomic E-state index is 13.3. The average molecular weight is 498 g/mol. The van der Waals surface area contributed by atoms with Crippen LogP contribution < -0.4 is 15.4 Å². The van der Waals surface area contributed by atoms with Crippen molar-refractivity contribution in [3.8, 4) is 28.7 Å². The summed E-state index contributed by atoms with van der Waals surface area (Å²) in [5, 5.41) is 9.51. The molecule has 0 aliphatic carbocycles. The maximum Gasteiger partial charge on any atom is 0.322 e. The van der Waals surface area contributed by atoms with Crippen molar-refractivity contribution in [3.63, 3.8) is 0 Å². The van der Waals surface area contributed by atoms with E-state index in [-0.39, 0.29) is 25.1 Å². The Balaban J connectivity index is 1.41. The molecule has 3 heterocycles. The van der Waals surface area contributed by atoms with Crippen LogP contribution in [0.15, 0.2) is 54.9 Å². The smallest absolute Gasteiger partial charge is 0.322 e. The van der Waals surface area contributed by atoms with Gasteiger partial charge in [-0.05, 0) is 49.6 Å². The number of amides is 4. The number of hydrogen-bond acceptors (Lipinski definition) is 5. The number of rotatable bonds is 7. The molecule has 0 spiro atoms. The zero-order chi connectivity index (χ0) is 26.2. The number of benzene rings is 2. The lowest BCUT2D eigenvalue weighted by Gasteiger charge is -2.31. The van der Waals surface area contributed by atoms with Gasteiger partial charge in [-0.25, -0.2) is 4.79 Å². The second kappa shape index (κ2) is 9.47. The van der Waals surface area contributed by atoms with Crippen molar-refractivity contribution in [3.05, 3.63) is 71.5 Å². The molecule has 1 fully saturated rings. The Kier molecular flexibility index (Phi) is 6.17. The summed E-state index contributed by atoms with van der Waals surface area (Å²) in [5.74, 6) is 5.42. The van der Waals surface area contributed by atoms with Crippen LogP contribution in [0.3, 0.4) is 0 Å². The van der Waals surface area contributed by atoms with Crippen LogP contribution in [0.2, 0.25) is 0 Å². The van der Waals surface area contributed by atoms with Crippen LogP contribution in [0.1, 0.15) is 48.3 Å². The van der Waals surface area contributed by atoms with Crippen LogP contribution in [0.4, 0.5) is 4.79 Å². The van der Waals surface area contributed by atoms with Crippen LogP contribution in [-0.4, -0.2) is 45.7 Å². The highest BCUT2D eigenvalue weighted by Gasteiger charge is 2.50.